The lowest BCUT2D eigenvalue weighted by molar-refractivity contribution is -0.305. The van der Waals surface area contributed by atoms with Gasteiger partial charge < -0.3 is 20.8 Å². The number of carboxylic acid groups (broad SMARTS) is 1. The van der Waals surface area contributed by atoms with Crippen molar-refractivity contribution < 1.29 is 19.4 Å². The minimum absolute atomic E-state index is 0. The van der Waals surface area contributed by atoms with Crippen LogP contribution in [0, 0.1) is 17.8 Å². The maximum absolute atomic E-state index is 11.6. The van der Waals surface area contributed by atoms with Crippen LogP contribution >= 0.6 is 0 Å². The molecule has 19 heavy (non-hydrogen) atoms. The summed E-state index contributed by atoms with van der Waals surface area (Å²) in [7, 11) is 0. The number of rotatable bonds is 5. The molecule has 5 nitrogen and oxygen atoms in total. The highest BCUT2D eigenvalue weighted by atomic mass is 16.5. The molecule has 1 rings (SSSR count). The molecule has 4 N–H and O–H groups in total. The van der Waals surface area contributed by atoms with Crippen molar-refractivity contribution in [3.05, 3.63) is 0 Å². The second kappa shape index (κ2) is 8.15. The average molecular weight is 273 g/mol. The third-order valence-electron chi connectivity index (χ3n) is 3.78. The molecule has 112 valence electrons. The average Bonchev–Trinajstić information content (AvgIpc) is 2.26. The topological polar surface area (TPSA) is 103 Å². The SMILES string of the molecule is CC1CCC(C(C)C)C(OC(=O)CCC(=O)[O-])C1.[NH4+]. The first-order valence-corrected chi connectivity index (χ1v) is 6.79. The monoisotopic (exact) mass is 273 g/mol. The minimum atomic E-state index is -1.20. The van der Waals surface area contributed by atoms with E-state index in [1.54, 1.807) is 0 Å². The predicted molar refractivity (Wildman–Crippen MR) is 71.4 cm³/mol. The quantitative estimate of drug-likeness (QED) is 0.772. The number of carbonyl (C=O) groups excluding carboxylic acids is 2. The van der Waals surface area contributed by atoms with Gasteiger partial charge in [-0.2, -0.15) is 0 Å². The van der Waals surface area contributed by atoms with E-state index in [0.717, 1.165) is 12.8 Å². The molecular weight excluding hydrogens is 246 g/mol. The summed E-state index contributed by atoms with van der Waals surface area (Å²) in [5, 5.41) is 10.3. The summed E-state index contributed by atoms with van der Waals surface area (Å²) in [4.78, 5) is 21.9. The lowest BCUT2D eigenvalue weighted by atomic mass is 9.75. The summed E-state index contributed by atoms with van der Waals surface area (Å²) >= 11 is 0. The van der Waals surface area contributed by atoms with Crippen LogP contribution in [0.2, 0.25) is 0 Å². The van der Waals surface area contributed by atoms with Gasteiger partial charge in [-0.1, -0.05) is 27.2 Å². The first-order valence-electron chi connectivity index (χ1n) is 6.79. The maximum Gasteiger partial charge on any atom is 0.306 e. The van der Waals surface area contributed by atoms with Gasteiger partial charge in [0.05, 0.1) is 6.42 Å². The van der Waals surface area contributed by atoms with Gasteiger partial charge in [-0.15, -0.1) is 0 Å². The van der Waals surface area contributed by atoms with Crippen molar-refractivity contribution in [2.75, 3.05) is 0 Å². The van der Waals surface area contributed by atoms with Crippen LogP contribution in [0.5, 0.6) is 0 Å². The number of ether oxygens (including phenoxy) is 1. The molecule has 3 atom stereocenters. The molecule has 3 unspecified atom stereocenters. The fourth-order valence-corrected chi connectivity index (χ4v) is 2.68. The molecule has 1 aliphatic rings. The molecule has 0 aliphatic heterocycles. The summed E-state index contributed by atoms with van der Waals surface area (Å²) in [5.41, 5.74) is 0. The van der Waals surface area contributed by atoms with E-state index in [1.165, 1.54) is 6.42 Å². The Hall–Kier alpha value is -1.10. The Balaban J connectivity index is 0.00000324. The number of carbonyl (C=O) groups is 2. The number of carboxylic acids is 1. The Labute approximate surface area is 115 Å². The lowest BCUT2D eigenvalue weighted by Gasteiger charge is -2.36. The Morgan fingerprint density at radius 1 is 1.26 bits per heavy atom. The summed E-state index contributed by atoms with van der Waals surface area (Å²) in [6, 6.07) is 0. The van der Waals surface area contributed by atoms with Crippen LogP contribution in [0.15, 0.2) is 0 Å². The number of quaternary nitrogens is 1. The summed E-state index contributed by atoms with van der Waals surface area (Å²) in [6.45, 7) is 6.45. The van der Waals surface area contributed by atoms with Crippen LogP contribution < -0.4 is 11.3 Å². The van der Waals surface area contributed by atoms with Gasteiger partial charge in [0.25, 0.3) is 0 Å². The van der Waals surface area contributed by atoms with Crippen molar-refractivity contribution in [1.82, 2.24) is 6.15 Å². The zero-order chi connectivity index (χ0) is 13.7. The maximum atomic E-state index is 11.6. The predicted octanol–water partition coefficient (Wildman–Crippen LogP) is 1.90. The second-order valence-corrected chi connectivity index (χ2v) is 5.73. The van der Waals surface area contributed by atoms with Gasteiger partial charge in [0.2, 0.25) is 0 Å². The van der Waals surface area contributed by atoms with Gasteiger partial charge in [0.15, 0.2) is 0 Å². The molecule has 0 saturated heterocycles. The van der Waals surface area contributed by atoms with Crippen LogP contribution in [0.1, 0.15) is 52.9 Å². The normalized spacial score (nSPS) is 26.6. The van der Waals surface area contributed by atoms with Gasteiger partial charge >= 0.3 is 5.97 Å². The van der Waals surface area contributed by atoms with Crippen LogP contribution in [-0.2, 0) is 14.3 Å². The van der Waals surface area contributed by atoms with Gasteiger partial charge in [-0.3, -0.25) is 4.79 Å². The lowest BCUT2D eigenvalue weighted by Crippen LogP contribution is -2.36. The van der Waals surface area contributed by atoms with E-state index in [1.807, 2.05) is 0 Å². The molecule has 0 radical (unpaired) electrons. The first-order chi connectivity index (χ1) is 8.40. The van der Waals surface area contributed by atoms with Crippen molar-refractivity contribution >= 4 is 11.9 Å². The molecule has 0 aromatic heterocycles. The highest BCUT2D eigenvalue weighted by molar-refractivity contribution is 5.75. The van der Waals surface area contributed by atoms with E-state index in [0.29, 0.717) is 17.8 Å². The van der Waals surface area contributed by atoms with E-state index < -0.39 is 11.9 Å². The fraction of sp³-hybridized carbons (Fsp3) is 0.857. The summed E-state index contributed by atoms with van der Waals surface area (Å²) in [6.07, 6.45) is 2.75. The van der Waals surface area contributed by atoms with Gasteiger partial charge in [-0.05, 0) is 37.0 Å². The van der Waals surface area contributed by atoms with Crippen molar-refractivity contribution in [2.24, 2.45) is 17.8 Å². The molecule has 0 heterocycles. The van der Waals surface area contributed by atoms with Gasteiger partial charge in [0, 0.05) is 5.97 Å². The highest BCUT2D eigenvalue weighted by Crippen LogP contribution is 2.35. The Kier molecular flexibility index (Phi) is 7.68. The third kappa shape index (κ3) is 6.05. The molecule has 5 heteroatoms. The molecule has 0 aromatic rings. The van der Waals surface area contributed by atoms with Crippen molar-refractivity contribution in [3.63, 3.8) is 0 Å². The van der Waals surface area contributed by atoms with Crippen molar-refractivity contribution in [1.29, 1.82) is 0 Å². The molecule has 0 spiro atoms. The zero-order valence-corrected chi connectivity index (χ0v) is 12.5. The smallest absolute Gasteiger partial charge is 0.306 e. The van der Waals surface area contributed by atoms with E-state index in [2.05, 4.69) is 20.8 Å². The molecule has 1 saturated carbocycles. The highest BCUT2D eigenvalue weighted by Gasteiger charge is 2.33. The second-order valence-electron chi connectivity index (χ2n) is 5.73. The standard InChI is InChI=1S/C14H24O4.H3N/c1-9(2)11-5-4-10(3)8-12(11)18-14(17)7-6-13(15)16;/h9-12H,4-8H2,1-3H3,(H,15,16);1H3. The van der Waals surface area contributed by atoms with E-state index >= 15 is 0 Å². The molecule has 1 aliphatic carbocycles. The number of hydrogen-bond donors (Lipinski definition) is 1. The van der Waals surface area contributed by atoms with Crippen LogP contribution in [0.25, 0.3) is 0 Å². The number of hydrogen-bond acceptors (Lipinski definition) is 4. The van der Waals surface area contributed by atoms with Crippen LogP contribution in [0.4, 0.5) is 0 Å². The van der Waals surface area contributed by atoms with Gasteiger partial charge in [-0.25, -0.2) is 0 Å². The van der Waals surface area contributed by atoms with Crippen LogP contribution in [0.3, 0.4) is 0 Å². The molecular formula is C14H27NO4. The first kappa shape index (κ1) is 17.9. The largest absolute Gasteiger partial charge is 0.550 e. The molecule has 0 aromatic carbocycles. The Bertz CT molecular complexity index is 304. The zero-order valence-electron chi connectivity index (χ0n) is 12.5. The van der Waals surface area contributed by atoms with Crippen molar-refractivity contribution in [2.45, 2.75) is 59.0 Å². The fourth-order valence-electron chi connectivity index (χ4n) is 2.68. The number of esters is 1. The number of aliphatic carboxylic acids is 1. The Morgan fingerprint density at radius 3 is 2.42 bits per heavy atom. The molecule has 1 fully saturated rings. The molecule has 0 amide bonds. The summed E-state index contributed by atoms with van der Waals surface area (Å²) < 4.78 is 5.46. The van der Waals surface area contributed by atoms with E-state index in [9.17, 15) is 14.7 Å². The van der Waals surface area contributed by atoms with Crippen LogP contribution in [-0.4, -0.2) is 18.0 Å². The molecule has 0 bridgehead atoms. The Morgan fingerprint density at radius 2 is 1.89 bits per heavy atom. The van der Waals surface area contributed by atoms with E-state index in [4.69, 9.17) is 4.74 Å². The third-order valence-corrected chi connectivity index (χ3v) is 3.78. The van der Waals surface area contributed by atoms with Crippen molar-refractivity contribution in [3.8, 4) is 0 Å². The van der Waals surface area contributed by atoms with Gasteiger partial charge in [0.1, 0.15) is 6.10 Å². The summed E-state index contributed by atoms with van der Waals surface area (Å²) in [5.74, 6) is -0.170. The van der Waals surface area contributed by atoms with E-state index in [-0.39, 0.29) is 25.1 Å². The minimum Gasteiger partial charge on any atom is -0.550 e.